The van der Waals surface area contributed by atoms with Crippen LogP contribution in [0, 0.1) is 0 Å². The van der Waals surface area contributed by atoms with Crippen molar-refractivity contribution < 1.29 is 9.53 Å². The maximum Gasteiger partial charge on any atom is 0.275 e. The first-order valence-corrected chi connectivity index (χ1v) is 9.87. The first-order chi connectivity index (χ1) is 12.8. The van der Waals surface area contributed by atoms with Gasteiger partial charge in [0, 0.05) is 31.2 Å². The van der Waals surface area contributed by atoms with Gasteiger partial charge in [-0.15, -0.1) is 0 Å². The molecule has 3 heterocycles. The number of aromatic amines is 1. The number of carbonyl (C=O) groups is 1. The number of aromatic nitrogens is 2. The SMILES string of the molecule is O=C(c1n[nH]c2ccccc12)N(CCCN1CCCC1)C1CCOCC1. The molecule has 0 aliphatic carbocycles. The number of hydrogen-bond donors (Lipinski definition) is 1. The highest BCUT2D eigenvalue weighted by atomic mass is 16.5. The number of nitrogens with zero attached hydrogens (tertiary/aromatic N) is 3. The summed E-state index contributed by atoms with van der Waals surface area (Å²) in [5.74, 6) is 0.0516. The Balaban J connectivity index is 1.49. The van der Waals surface area contributed by atoms with Crippen LogP contribution in [0.3, 0.4) is 0 Å². The summed E-state index contributed by atoms with van der Waals surface area (Å²) in [4.78, 5) is 17.9. The minimum atomic E-state index is 0.0516. The van der Waals surface area contributed by atoms with Crippen molar-refractivity contribution in [2.45, 2.75) is 38.1 Å². The van der Waals surface area contributed by atoms with Gasteiger partial charge in [0.05, 0.1) is 5.52 Å². The number of rotatable bonds is 6. The van der Waals surface area contributed by atoms with Crippen molar-refractivity contribution >= 4 is 16.8 Å². The van der Waals surface area contributed by atoms with E-state index in [1.807, 2.05) is 24.3 Å². The van der Waals surface area contributed by atoms with Gasteiger partial charge in [0.1, 0.15) is 0 Å². The summed E-state index contributed by atoms with van der Waals surface area (Å²) in [6, 6.07) is 8.11. The molecule has 2 aliphatic heterocycles. The van der Waals surface area contributed by atoms with Crippen molar-refractivity contribution in [3.05, 3.63) is 30.0 Å². The molecule has 0 saturated carbocycles. The molecule has 4 rings (SSSR count). The molecule has 6 nitrogen and oxygen atoms in total. The number of hydrogen-bond acceptors (Lipinski definition) is 4. The van der Waals surface area contributed by atoms with Gasteiger partial charge in [-0.1, -0.05) is 18.2 Å². The highest BCUT2D eigenvalue weighted by molar-refractivity contribution is 6.04. The minimum Gasteiger partial charge on any atom is -0.381 e. The fourth-order valence-corrected chi connectivity index (χ4v) is 4.18. The van der Waals surface area contributed by atoms with Crippen LogP contribution in [-0.2, 0) is 4.74 Å². The van der Waals surface area contributed by atoms with E-state index < -0.39 is 0 Å². The summed E-state index contributed by atoms with van der Waals surface area (Å²) in [5, 5.41) is 8.25. The molecular formula is C20H28N4O2. The Kier molecular flexibility index (Phi) is 5.51. The number of nitrogens with one attached hydrogen (secondary N) is 1. The molecule has 0 unspecified atom stereocenters. The van der Waals surface area contributed by atoms with E-state index in [0.717, 1.165) is 56.5 Å². The Morgan fingerprint density at radius 3 is 2.81 bits per heavy atom. The van der Waals surface area contributed by atoms with Crippen LogP contribution in [0.2, 0.25) is 0 Å². The van der Waals surface area contributed by atoms with Crippen LogP contribution >= 0.6 is 0 Å². The molecule has 2 aromatic rings. The van der Waals surface area contributed by atoms with Crippen molar-refractivity contribution in [2.24, 2.45) is 0 Å². The number of likely N-dealkylation sites (tertiary alicyclic amines) is 1. The van der Waals surface area contributed by atoms with Crippen LogP contribution in [0.5, 0.6) is 0 Å². The third-order valence-corrected chi connectivity index (χ3v) is 5.64. The second-order valence-corrected chi connectivity index (χ2v) is 7.36. The smallest absolute Gasteiger partial charge is 0.275 e. The quantitative estimate of drug-likeness (QED) is 0.864. The van der Waals surface area contributed by atoms with Crippen molar-refractivity contribution in [2.75, 3.05) is 39.4 Å². The van der Waals surface area contributed by atoms with Crippen LogP contribution < -0.4 is 0 Å². The number of ether oxygens (including phenoxy) is 1. The lowest BCUT2D eigenvalue weighted by atomic mass is 10.1. The van der Waals surface area contributed by atoms with Crippen molar-refractivity contribution in [3.8, 4) is 0 Å². The zero-order valence-corrected chi connectivity index (χ0v) is 15.3. The number of fused-ring (bicyclic) bond motifs is 1. The predicted octanol–water partition coefficient (Wildman–Crippen LogP) is 2.67. The second-order valence-electron chi connectivity index (χ2n) is 7.36. The summed E-state index contributed by atoms with van der Waals surface area (Å²) in [7, 11) is 0. The van der Waals surface area contributed by atoms with E-state index in [1.165, 1.54) is 25.9 Å². The van der Waals surface area contributed by atoms with Crippen molar-refractivity contribution in [1.82, 2.24) is 20.0 Å². The molecule has 1 aromatic carbocycles. The molecule has 26 heavy (non-hydrogen) atoms. The molecule has 1 amide bonds. The average Bonchev–Trinajstić information content (AvgIpc) is 3.35. The number of benzene rings is 1. The number of para-hydroxylation sites is 1. The molecule has 1 N–H and O–H groups in total. The average molecular weight is 356 g/mol. The highest BCUT2D eigenvalue weighted by Gasteiger charge is 2.29. The predicted molar refractivity (Wildman–Crippen MR) is 101 cm³/mol. The van der Waals surface area contributed by atoms with E-state index in [0.29, 0.717) is 5.69 Å². The largest absolute Gasteiger partial charge is 0.381 e. The number of carbonyl (C=O) groups excluding carboxylic acids is 1. The summed E-state index contributed by atoms with van der Waals surface area (Å²) < 4.78 is 5.51. The van der Waals surface area contributed by atoms with Gasteiger partial charge in [0.2, 0.25) is 0 Å². The lowest BCUT2D eigenvalue weighted by molar-refractivity contribution is 0.0279. The monoisotopic (exact) mass is 356 g/mol. The molecule has 6 heteroatoms. The fraction of sp³-hybridized carbons (Fsp3) is 0.600. The molecule has 0 radical (unpaired) electrons. The normalized spacial score (nSPS) is 19.2. The van der Waals surface area contributed by atoms with Crippen LogP contribution in [0.25, 0.3) is 10.9 Å². The van der Waals surface area contributed by atoms with Gasteiger partial charge in [-0.3, -0.25) is 9.89 Å². The van der Waals surface area contributed by atoms with Crippen molar-refractivity contribution in [1.29, 1.82) is 0 Å². The van der Waals surface area contributed by atoms with E-state index in [1.54, 1.807) is 0 Å². The van der Waals surface area contributed by atoms with E-state index in [2.05, 4.69) is 20.0 Å². The topological polar surface area (TPSA) is 61.5 Å². The summed E-state index contributed by atoms with van der Waals surface area (Å²) in [6.45, 7) is 5.75. The molecule has 2 fully saturated rings. The van der Waals surface area contributed by atoms with Gasteiger partial charge in [-0.2, -0.15) is 5.10 Å². The molecular weight excluding hydrogens is 328 g/mol. The number of H-pyrrole nitrogens is 1. The molecule has 2 saturated heterocycles. The fourth-order valence-electron chi connectivity index (χ4n) is 4.18. The molecule has 0 spiro atoms. The summed E-state index contributed by atoms with van der Waals surface area (Å²) in [5.41, 5.74) is 1.47. The lowest BCUT2D eigenvalue weighted by Crippen LogP contribution is -2.44. The van der Waals surface area contributed by atoms with E-state index >= 15 is 0 Å². The third kappa shape index (κ3) is 3.76. The zero-order valence-electron chi connectivity index (χ0n) is 15.3. The van der Waals surface area contributed by atoms with E-state index in [4.69, 9.17) is 4.74 Å². The van der Waals surface area contributed by atoms with Crippen LogP contribution in [0.15, 0.2) is 24.3 Å². The Morgan fingerprint density at radius 1 is 1.23 bits per heavy atom. The first kappa shape index (κ1) is 17.5. The van der Waals surface area contributed by atoms with Gasteiger partial charge in [-0.05, 0) is 57.8 Å². The van der Waals surface area contributed by atoms with Gasteiger partial charge < -0.3 is 14.5 Å². The van der Waals surface area contributed by atoms with Crippen LogP contribution in [0.1, 0.15) is 42.6 Å². The maximum atomic E-state index is 13.3. The molecule has 0 atom stereocenters. The van der Waals surface area contributed by atoms with E-state index in [-0.39, 0.29) is 11.9 Å². The maximum absolute atomic E-state index is 13.3. The second kappa shape index (κ2) is 8.18. The van der Waals surface area contributed by atoms with Gasteiger partial charge >= 0.3 is 0 Å². The first-order valence-electron chi connectivity index (χ1n) is 9.87. The highest BCUT2D eigenvalue weighted by Crippen LogP contribution is 2.22. The summed E-state index contributed by atoms with van der Waals surface area (Å²) >= 11 is 0. The minimum absolute atomic E-state index is 0.0516. The zero-order chi connectivity index (χ0) is 17.8. The van der Waals surface area contributed by atoms with Crippen molar-refractivity contribution in [3.63, 3.8) is 0 Å². The third-order valence-electron chi connectivity index (χ3n) is 5.64. The van der Waals surface area contributed by atoms with E-state index in [9.17, 15) is 4.79 Å². The Morgan fingerprint density at radius 2 is 2.00 bits per heavy atom. The lowest BCUT2D eigenvalue weighted by Gasteiger charge is -2.34. The number of amides is 1. The molecule has 140 valence electrons. The molecule has 0 bridgehead atoms. The van der Waals surface area contributed by atoms with Crippen LogP contribution in [-0.4, -0.2) is 71.3 Å². The Labute approximate surface area is 154 Å². The summed E-state index contributed by atoms with van der Waals surface area (Å²) in [6.07, 6.45) is 5.46. The molecule has 1 aromatic heterocycles. The van der Waals surface area contributed by atoms with Gasteiger partial charge in [0.15, 0.2) is 5.69 Å². The standard InChI is InChI=1S/C20H28N4O2/c25-20(19-17-6-1-2-7-18(17)21-22-19)24(16-8-14-26-15-9-16)13-5-12-23-10-3-4-11-23/h1-2,6-7,16H,3-5,8-15H2,(H,21,22). The van der Waals surface area contributed by atoms with Gasteiger partial charge in [0.25, 0.3) is 5.91 Å². The Bertz CT molecular complexity index is 732. The van der Waals surface area contributed by atoms with Gasteiger partial charge in [-0.25, -0.2) is 0 Å². The molecule has 2 aliphatic rings. The Hall–Kier alpha value is -1.92. The van der Waals surface area contributed by atoms with Crippen LogP contribution in [0.4, 0.5) is 0 Å².